The topological polar surface area (TPSA) is 57.6 Å². The lowest BCUT2D eigenvalue weighted by atomic mass is 9.96. The van der Waals surface area contributed by atoms with E-state index in [2.05, 4.69) is 34.9 Å². The summed E-state index contributed by atoms with van der Waals surface area (Å²) in [7, 11) is 4.12. The van der Waals surface area contributed by atoms with Gasteiger partial charge in [0.1, 0.15) is 0 Å². The maximum Gasteiger partial charge on any atom is 0.256 e. The first-order chi connectivity index (χ1) is 13.0. The Morgan fingerprint density at radius 3 is 2.56 bits per heavy atom. The van der Waals surface area contributed by atoms with Crippen molar-refractivity contribution in [1.29, 1.82) is 0 Å². The fourth-order valence-electron chi connectivity index (χ4n) is 3.71. The average molecular weight is 370 g/mol. The summed E-state index contributed by atoms with van der Waals surface area (Å²) in [5.74, 6) is 0.589. The van der Waals surface area contributed by atoms with Crippen LogP contribution in [0.2, 0.25) is 0 Å². The van der Waals surface area contributed by atoms with Crippen molar-refractivity contribution in [1.82, 2.24) is 19.7 Å². The molecule has 0 unspecified atom stereocenters. The monoisotopic (exact) mass is 370 g/mol. The summed E-state index contributed by atoms with van der Waals surface area (Å²) in [5, 5.41) is 3.92. The smallest absolute Gasteiger partial charge is 0.256 e. The van der Waals surface area contributed by atoms with Crippen LogP contribution in [0.4, 0.5) is 0 Å². The van der Waals surface area contributed by atoms with Crippen LogP contribution >= 0.6 is 0 Å². The molecule has 0 spiro atoms. The zero-order chi connectivity index (χ0) is 19.4. The van der Waals surface area contributed by atoms with Crippen LogP contribution in [0.15, 0.2) is 30.5 Å². The van der Waals surface area contributed by atoms with E-state index in [0.29, 0.717) is 12.5 Å². The quantitative estimate of drug-likeness (QED) is 0.848. The molecule has 1 aromatic heterocycles. The number of likely N-dealkylation sites (tertiary alicyclic amines) is 1. The van der Waals surface area contributed by atoms with Gasteiger partial charge in [0.05, 0.1) is 5.56 Å². The van der Waals surface area contributed by atoms with E-state index < -0.39 is 0 Å². The Labute approximate surface area is 161 Å². The number of hydrogen-bond donors (Lipinski definition) is 1. The first kappa shape index (κ1) is 19.4. The molecule has 1 aliphatic rings. The first-order valence-electron chi connectivity index (χ1n) is 9.72. The summed E-state index contributed by atoms with van der Waals surface area (Å²) in [6.07, 6.45) is 3.89. The van der Waals surface area contributed by atoms with Crippen LogP contribution in [0.1, 0.15) is 30.1 Å². The highest BCUT2D eigenvalue weighted by Crippen LogP contribution is 2.25. The third-order valence-corrected chi connectivity index (χ3v) is 5.35. The Morgan fingerprint density at radius 1 is 1.19 bits per heavy atom. The zero-order valence-electron chi connectivity index (χ0n) is 16.6. The van der Waals surface area contributed by atoms with Crippen LogP contribution in [-0.2, 0) is 11.3 Å². The lowest BCUT2D eigenvalue weighted by Crippen LogP contribution is -2.41. The number of para-hydroxylation sites is 1. The molecule has 6 heteroatoms. The van der Waals surface area contributed by atoms with Crippen LogP contribution < -0.4 is 5.32 Å². The Balaban J connectivity index is 1.72. The largest absolute Gasteiger partial charge is 0.356 e. The maximum atomic E-state index is 13.2. The van der Waals surface area contributed by atoms with Gasteiger partial charge in [0.2, 0.25) is 5.91 Å². The van der Waals surface area contributed by atoms with E-state index in [1.165, 1.54) is 0 Å². The van der Waals surface area contributed by atoms with Gasteiger partial charge in [-0.1, -0.05) is 18.2 Å². The number of rotatable bonds is 6. The molecule has 0 saturated carbocycles. The second kappa shape index (κ2) is 8.57. The standard InChI is InChI=1S/C21H30N4O2/c1-16(26)22-14-17-8-10-24(11-9-17)21(27)19-15-25(13-12-23(2)3)20-7-5-4-6-18(19)20/h4-7,15,17H,8-14H2,1-3H3,(H,22,26). The number of carbonyl (C=O) groups is 2. The van der Waals surface area contributed by atoms with E-state index in [1.807, 2.05) is 29.3 Å². The van der Waals surface area contributed by atoms with Crippen molar-refractivity contribution < 1.29 is 9.59 Å². The fourth-order valence-corrected chi connectivity index (χ4v) is 3.71. The molecule has 27 heavy (non-hydrogen) atoms. The molecule has 1 aromatic carbocycles. The van der Waals surface area contributed by atoms with E-state index >= 15 is 0 Å². The molecule has 2 amide bonds. The van der Waals surface area contributed by atoms with Crippen molar-refractivity contribution in [2.75, 3.05) is 40.3 Å². The third-order valence-electron chi connectivity index (χ3n) is 5.35. The van der Waals surface area contributed by atoms with Crippen LogP contribution in [0.5, 0.6) is 0 Å². The molecule has 0 radical (unpaired) electrons. The molecule has 0 atom stereocenters. The van der Waals surface area contributed by atoms with E-state index in [4.69, 9.17) is 0 Å². The van der Waals surface area contributed by atoms with Gasteiger partial charge in [-0.05, 0) is 38.9 Å². The number of benzene rings is 1. The molecule has 1 fully saturated rings. The highest BCUT2D eigenvalue weighted by Gasteiger charge is 2.26. The number of amides is 2. The second-order valence-corrected chi connectivity index (χ2v) is 7.73. The van der Waals surface area contributed by atoms with Crippen LogP contribution in [0.3, 0.4) is 0 Å². The van der Waals surface area contributed by atoms with Crippen molar-refractivity contribution >= 4 is 22.7 Å². The molecule has 3 rings (SSSR count). The Hall–Kier alpha value is -2.34. The SMILES string of the molecule is CC(=O)NCC1CCN(C(=O)c2cn(CCN(C)C)c3ccccc23)CC1. The van der Waals surface area contributed by atoms with Gasteiger partial charge in [-0.15, -0.1) is 0 Å². The molecular formula is C21H30N4O2. The number of hydrogen-bond acceptors (Lipinski definition) is 3. The first-order valence-corrected chi connectivity index (χ1v) is 9.72. The summed E-state index contributed by atoms with van der Waals surface area (Å²) >= 11 is 0. The van der Waals surface area contributed by atoms with Gasteiger partial charge in [0.25, 0.3) is 5.91 Å². The Kier molecular flexibility index (Phi) is 6.16. The zero-order valence-corrected chi connectivity index (χ0v) is 16.6. The van der Waals surface area contributed by atoms with E-state index in [-0.39, 0.29) is 11.8 Å². The van der Waals surface area contributed by atoms with E-state index in [9.17, 15) is 9.59 Å². The van der Waals surface area contributed by atoms with Crippen molar-refractivity contribution in [3.8, 4) is 0 Å². The molecule has 6 nitrogen and oxygen atoms in total. The molecule has 1 N–H and O–H groups in total. The Bertz CT molecular complexity index is 804. The van der Waals surface area contributed by atoms with Gasteiger partial charge in [-0.25, -0.2) is 0 Å². The molecule has 1 aliphatic heterocycles. The normalized spacial score (nSPS) is 15.5. The minimum absolute atomic E-state index is 0.0130. The number of likely N-dealkylation sites (N-methyl/N-ethyl adjacent to an activating group) is 1. The van der Waals surface area contributed by atoms with Crippen molar-refractivity contribution in [3.05, 3.63) is 36.0 Å². The number of nitrogens with one attached hydrogen (secondary N) is 1. The van der Waals surface area contributed by atoms with Crippen LogP contribution in [0.25, 0.3) is 10.9 Å². The Morgan fingerprint density at radius 2 is 1.89 bits per heavy atom. The van der Waals surface area contributed by atoms with E-state index in [1.54, 1.807) is 6.92 Å². The van der Waals surface area contributed by atoms with Gasteiger partial charge < -0.3 is 19.7 Å². The predicted octanol–water partition coefficient (Wildman–Crippen LogP) is 2.19. The van der Waals surface area contributed by atoms with Gasteiger partial charge >= 0.3 is 0 Å². The summed E-state index contributed by atoms with van der Waals surface area (Å²) < 4.78 is 2.19. The highest BCUT2D eigenvalue weighted by atomic mass is 16.2. The fraction of sp³-hybridized carbons (Fsp3) is 0.524. The molecule has 1 saturated heterocycles. The number of carbonyl (C=O) groups excluding carboxylic acids is 2. The average Bonchev–Trinajstić information content (AvgIpc) is 3.03. The van der Waals surface area contributed by atoms with Gasteiger partial charge in [-0.3, -0.25) is 9.59 Å². The lowest BCUT2D eigenvalue weighted by molar-refractivity contribution is -0.119. The van der Waals surface area contributed by atoms with Crippen molar-refractivity contribution in [2.24, 2.45) is 5.92 Å². The van der Waals surface area contributed by atoms with Gasteiger partial charge in [0, 0.05) is 56.7 Å². The molecular weight excluding hydrogens is 340 g/mol. The molecule has 146 valence electrons. The number of nitrogens with zero attached hydrogens (tertiary/aromatic N) is 3. The molecule has 2 aromatic rings. The highest BCUT2D eigenvalue weighted by molar-refractivity contribution is 6.07. The second-order valence-electron chi connectivity index (χ2n) is 7.73. The van der Waals surface area contributed by atoms with Gasteiger partial charge in [0.15, 0.2) is 0 Å². The number of piperidine rings is 1. The number of aromatic nitrogens is 1. The number of fused-ring (bicyclic) bond motifs is 1. The van der Waals surface area contributed by atoms with Crippen LogP contribution in [-0.4, -0.2) is 66.5 Å². The summed E-state index contributed by atoms with van der Waals surface area (Å²) in [4.78, 5) is 28.4. The summed E-state index contributed by atoms with van der Waals surface area (Å²) in [5.41, 5.74) is 1.91. The van der Waals surface area contributed by atoms with Crippen LogP contribution in [0, 0.1) is 5.92 Å². The minimum atomic E-state index is 0.0130. The third kappa shape index (κ3) is 4.69. The van der Waals surface area contributed by atoms with Gasteiger partial charge in [-0.2, -0.15) is 0 Å². The molecule has 0 bridgehead atoms. The van der Waals surface area contributed by atoms with Crippen molar-refractivity contribution in [3.63, 3.8) is 0 Å². The summed E-state index contributed by atoms with van der Waals surface area (Å²) in [6.45, 7) is 5.55. The molecule has 2 heterocycles. The van der Waals surface area contributed by atoms with E-state index in [0.717, 1.165) is 55.5 Å². The molecule has 0 aliphatic carbocycles. The summed E-state index contributed by atoms with van der Waals surface area (Å²) in [6, 6.07) is 8.14. The lowest BCUT2D eigenvalue weighted by Gasteiger charge is -2.32. The minimum Gasteiger partial charge on any atom is -0.356 e. The maximum absolute atomic E-state index is 13.2. The van der Waals surface area contributed by atoms with Crippen molar-refractivity contribution in [2.45, 2.75) is 26.3 Å². The predicted molar refractivity (Wildman–Crippen MR) is 108 cm³/mol.